The highest BCUT2D eigenvalue weighted by molar-refractivity contribution is 6.33. The second kappa shape index (κ2) is 7.72. The van der Waals surface area contributed by atoms with Crippen molar-refractivity contribution in [2.75, 3.05) is 6.79 Å². The highest BCUT2D eigenvalue weighted by atomic mass is 35.5. The Labute approximate surface area is 168 Å². The van der Waals surface area contributed by atoms with Crippen molar-refractivity contribution in [3.63, 3.8) is 0 Å². The third-order valence-corrected chi connectivity index (χ3v) is 5.80. The molecule has 7 heteroatoms. The lowest BCUT2D eigenvalue weighted by molar-refractivity contribution is -0.128. The third-order valence-electron chi connectivity index (χ3n) is 5.47. The van der Waals surface area contributed by atoms with Gasteiger partial charge in [0, 0.05) is 0 Å². The number of ether oxygens (including phenoxy) is 2. The second-order valence-electron chi connectivity index (χ2n) is 7.10. The van der Waals surface area contributed by atoms with Gasteiger partial charge in [-0.2, -0.15) is 0 Å². The Kier molecular flexibility index (Phi) is 5.13. The molecule has 0 aromatic heterocycles. The van der Waals surface area contributed by atoms with Crippen LogP contribution in [-0.2, 0) is 10.2 Å². The Morgan fingerprint density at radius 2 is 1.68 bits per heavy atom. The molecule has 1 aliphatic carbocycles. The van der Waals surface area contributed by atoms with Gasteiger partial charge in [-0.1, -0.05) is 49.1 Å². The molecule has 2 amide bonds. The van der Waals surface area contributed by atoms with Gasteiger partial charge in [0.05, 0.1) is 16.0 Å². The molecule has 2 aromatic carbocycles. The number of carbonyl (C=O) groups is 2. The van der Waals surface area contributed by atoms with E-state index in [-0.39, 0.29) is 12.7 Å². The summed E-state index contributed by atoms with van der Waals surface area (Å²) in [5.74, 6) is 0.652. The van der Waals surface area contributed by atoms with Gasteiger partial charge in [-0.15, -0.1) is 0 Å². The molecule has 0 unspecified atom stereocenters. The summed E-state index contributed by atoms with van der Waals surface area (Å²) in [6, 6.07) is 12.3. The van der Waals surface area contributed by atoms with E-state index >= 15 is 0 Å². The van der Waals surface area contributed by atoms with Crippen LogP contribution < -0.4 is 20.3 Å². The van der Waals surface area contributed by atoms with Crippen molar-refractivity contribution >= 4 is 23.4 Å². The molecule has 0 bridgehead atoms. The van der Waals surface area contributed by atoms with Gasteiger partial charge in [-0.3, -0.25) is 20.4 Å². The zero-order chi connectivity index (χ0) is 19.6. The third kappa shape index (κ3) is 3.40. The summed E-state index contributed by atoms with van der Waals surface area (Å²) in [7, 11) is 0. The predicted octanol–water partition coefficient (Wildman–Crippen LogP) is 3.73. The monoisotopic (exact) mass is 400 g/mol. The van der Waals surface area contributed by atoms with Gasteiger partial charge in [-0.05, 0) is 42.7 Å². The van der Waals surface area contributed by atoms with Crippen LogP contribution in [-0.4, -0.2) is 18.6 Å². The first kappa shape index (κ1) is 18.6. The van der Waals surface area contributed by atoms with E-state index < -0.39 is 11.3 Å². The fraction of sp³-hybridized carbons (Fsp3) is 0.333. The summed E-state index contributed by atoms with van der Waals surface area (Å²) in [6.07, 6.45) is 4.40. The smallest absolute Gasteiger partial charge is 0.271 e. The minimum Gasteiger partial charge on any atom is -0.454 e. The minimum absolute atomic E-state index is 0.186. The van der Waals surface area contributed by atoms with Crippen LogP contribution in [0.3, 0.4) is 0 Å². The number of fused-ring (bicyclic) bond motifs is 1. The molecule has 0 radical (unpaired) electrons. The highest BCUT2D eigenvalue weighted by Gasteiger charge is 2.42. The summed E-state index contributed by atoms with van der Waals surface area (Å²) < 4.78 is 10.9. The minimum atomic E-state index is -0.715. The maximum atomic E-state index is 13.2. The van der Waals surface area contributed by atoms with E-state index in [0.717, 1.165) is 24.8 Å². The molecule has 0 saturated heterocycles. The largest absolute Gasteiger partial charge is 0.454 e. The molecule has 0 atom stereocenters. The zero-order valence-corrected chi connectivity index (χ0v) is 16.1. The summed E-state index contributed by atoms with van der Waals surface area (Å²) in [5, 5.41) is 0.331. The number of carbonyl (C=O) groups excluding carboxylic acids is 2. The van der Waals surface area contributed by atoms with Gasteiger partial charge in [0.15, 0.2) is 11.5 Å². The van der Waals surface area contributed by atoms with Gasteiger partial charge < -0.3 is 9.47 Å². The van der Waals surface area contributed by atoms with Gasteiger partial charge in [-0.25, -0.2) is 0 Å². The number of benzene rings is 2. The van der Waals surface area contributed by atoms with Gasteiger partial charge in [0.2, 0.25) is 12.7 Å². The molecule has 2 N–H and O–H groups in total. The van der Waals surface area contributed by atoms with Crippen molar-refractivity contribution in [1.82, 2.24) is 10.9 Å². The Hall–Kier alpha value is -2.73. The van der Waals surface area contributed by atoms with Gasteiger partial charge >= 0.3 is 0 Å². The van der Waals surface area contributed by atoms with Crippen molar-refractivity contribution in [2.45, 2.75) is 37.5 Å². The Balaban J connectivity index is 1.55. The van der Waals surface area contributed by atoms with E-state index in [1.807, 2.05) is 18.2 Å². The summed E-state index contributed by atoms with van der Waals surface area (Å²) in [5.41, 5.74) is 5.59. The predicted molar refractivity (Wildman–Crippen MR) is 104 cm³/mol. The molecule has 146 valence electrons. The summed E-state index contributed by atoms with van der Waals surface area (Å²) >= 11 is 6.06. The Bertz CT molecular complexity index is 909. The second-order valence-corrected chi connectivity index (χ2v) is 7.51. The Morgan fingerprint density at radius 1 is 0.929 bits per heavy atom. The zero-order valence-electron chi connectivity index (χ0n) is 15.3. The van der Waals surface area contributed by atoms with Crippen molar-refractivity contribution in [3.8, 4) is 11.5 Å². The average Bonchev–Trinajstić information content (AvgIpc) is 3.20. The van der Waals surface area contributed by atoms with Gasteiger partial charge in [0.25, 0.3) is 5.91 Å². The van der Waals surface area contributed by atoms with Crippen LogP contribution in [0.1, 0.15) is 48.0 Å². The molecule has 6 nitrogen and oxygen atoms in total. The van der Waals surface area contributed by atoms with Crippen molar-refractivity contribution in [1.29, 1.82) is 0 Å². The average molecular weight is 401 g/mol. The molecule has 1 heterocycles. The van der Waals surface area contributed by atoms with E-state index in [1.165, 1.54) is 0 Å². The number of hydrogen-bond acceptors (Lipinski definition) is 4. The molecule has 1 fully saturated rings. The number of rotatable bonds is 3. The molecule has 0 spiro atoms. The van der Waals surface area contributed by atoms with Crippen LogP contribution in [0.2, 0.25) is 5.02 Å². The lowest BCUT2D eigenvalue weighted by Crippen LogP contribution is -2.52. The van der Waals surface area contributed by atoms with E-state index in [1.54, 1.807) is 24.3 Å². The highest BCUT2D eigenvalue weighted by Crippen LogP contribution is 2.43. The fourth-order valence-corrected chi connectivity index (χ4v) is 4.16. The van der Waals surface area contributed by atoms with Crippen LogP contribution in [0, 0.1) is 0 Å². The summed E-state index contributed by atoms with van der Waals surface area (Å²) in [6.45, 7) is 0.186. The van der Waals surface area contributed by atoms with Crippen LogP contribution in [0.4, 0.5) is 0 Å². The molecule has 4 rings (SSSR count). The van der Waals surface area contributed by atoms with Crippen LogP contribution >= 0.6 is 11.6 Å². The van der Waals surface area contributed by atoms with E-state index in [0.29, 0.717) is 34.9 Å². The van der Waals surface area contributed by atoms with Crippen LogP contribution in [0.5, 0.6) is 11.5 Å². The van der Waals surface area contributed by atoms with E-state index in [2.05, 4.69) is 10.9 Å². The maximum Gasteiger partial charge on any atom is 0.271 e. The van der Waals surface area contributed by atoms with Crippen LogP contribution in [0.15, 0.2) is 42.5 Å². The SMILES string of the molecule is O=C(NNC(=O)C1(c2ccc3c(c2)OCO3)CCCCC1)c1ccccc1Cl. The Morgan fingerprint density at radius 3 is 2.46 bits per heavy atom. The lowest BCUT2D eigenvalue weighted by atomic mass is 9.69. The van der Waals surface area contributed by atoms with Gasteiger partial charge in [0.1, 0.15) is 0 Å². The van der Waals surface area contributed by atoms with Crippen molar-refractivity contribution < 1.29 is 19.1 Å². The number of amides is 2. The molecule has 2 aliphatic rings. The topological polar surface area (TPSA) is 76.7 Å². The first-order valence-electron chi connectivity index (χ1n) is 9.36. The van der Waals surface area contributed by atoms with Crippen molar-refractivity contribution in [2.24, 2.45) is 0 Å². The van der Waals surface area contributed by atoms with Crippen LogP contribution in [0.25, 0.3) is 0 Å². The first-order valence-corrected chi connectivity index (χ1v) is 9.73. The number of halogens is 1. The number of nitrogens with one attached hydrogen (secondary N) is 2. The standard InChI is InChI=1S/C21H21ClN2O4/c22-16-7-3-2-6-15(16)19(25)23-24-20(26)21(10-4-1-5-11-21)14-8-9-17-18(12-14)28-13-27-17/h2-3,6-9,12H,1,4-5,10-11,13H2,(H,23,25)(H,24,26). The lowest BCUT2D eigenvalue weighted by Gasteiger charge is -2.36. The number of hydrogen-bond donors (Lipinski definition) is 2. The number of hydrazine groups is 1. The fourth-order valence-electron chi connectivity index (χ4n) is 3.94. The van der Waals surface area contributed by atoms with E-state index in [4.69, 9.17) is 21.1 Å². The summed E-state index contributed by atoms with van der Waals surface area (Å²) in [4.78, 5) is 25.6. The molecule has 2 aromatic rings. The van der Waals surface area contributed by atoms with E-state index in [9.17, 15) is 9.59 Å². The molecule has 1 saturated carbocycles. The first-order chi connectivity index (χ1) is 13.6. The quantitative estimate of drug-likeness (QED) is 0.769. The normalized spacial score (nSPS) is 17.0. The molecular formula is C21H21ClN2O4. The molecule has 28 heavy (non-hydrogen) atoms. The molecule has 1 aliphatic heterocycles. The van der Waals surface area contributed by atoms with Crippen molar-refractivity contribution in [3.05, 3.63) is 58.6 Å². The molecular weight excluding hydrogens is 380 g/mol. The maximum absolute atomic E-state index is 13.2.